The zero-order valence-corrected chi connectivity index (χ0v) is 16.7. The van der Waals surface area contributed by atoms with Gasteiger partial charge in [0.05, 0.1) is 18.8 Å². The highest BCUT2D eigenvalue weighted by molar-refractivity contribution is 5.92. The zero-order valence-electron chi connectivity index (χ0n) is 16.7. The molecular weight excluding hydrogens is 344 g/mol. The molecule has 0 saturated carbocycles. The first-order valence-electron chi connectivity index (χ1n) is 8.91. The second kappa shape index (κ2) is 11.3. The number of benzene rings is 1. The van der Waals surface area contributed by atoms with Gasteiger partial charge in [-0.1, -0.05) is 30.3 Å². The van der Waals surface area contributed by atoms with Crippen LogP contribution >= 0.6 is 0 Å². The number of amides is 2. The first-order chi connectivity index (χ1) is 12.8. The third-order valence-corrected chi connectivity index (χ3v) is 4.00. The van der Waals surface area contributed by atoms with Gasteiger partial charge in [0, 0.05) is 6.21 Å². The van der Waals surface area contributed by atoms with Gasteiger partial charge in [0.1, 0.15) is 11.9 Å². The number of rotatable bonds is 10. The van der Waals surface area contributed by atoms with Gasteiger partial charge in [0.15, 0.2) is 0 Å². The van der Waals surface area contributed by atoms with Crippen LogP contribution in [0.1, 0.15) is 33.3 Å². The monoisotopic (exact) mass is 374 g/mol. The summed E-state index contributed by atoms with van der Waals surface area (Å²) in [4.78, 5) is 29.2. The molecule has 0 aliphatic heterocycles. The van der Waals surface area contributed by atoms with Crippen molar-refractivity contribution in [3.63, 3.8) is 0 Å². The second-order valence-electron chi connectivity index (χ2n) is 6.45. The highest BCUT2D eigenvalue weighted by atomic mass is 16.5. The summed E-state index contributed by atoms with van der Waals surface area (Å²) in [5.41, 5.74) is 0.173. The van der Waals surface area contributed by atoms with Crippen molar-refractivity contribution in [3.05, 3.63) is 47.8 Å². The van der Waals surface area contributed by atoms with E-state index in [1.54, 1.807) is 47.0 Å². The Balaban J connectivity index is 2.81. The maximum Gasteiger partial charge on any atom is 0.250 e. The number of nitrogens with one attached hydrogen (secondary N) is 3. The van der Waals surface area contributed by atoms with Crippen molar-refractivity contribution < 1.29 is 14.3 Å². The number of aliphatic imine (C=N–C) groups is 1. The Morgan fingerprint density at radius 2 is 1.89 bits per heavy atom. The van der Waals surface area contributed by atoms with Crippen LogP contribution < -0.4 is 16.0 Å². The van der Waals surface area contributed by atoms with Gasteiger partial charge >= 0.3 is 0 Å². The topological polar surface area (TPSA) is 91.8 Å². The van der Waals surface area contributed by atoms with Crippen molar-refractivity contribution in [2.45, 2.75) is 45.9 Å². The predicted octanol–water partition coefficient (Wildman–Crippen LogP) is 1.75. The van der Waals surface area contributed by atoms with Gasteiger partial charge in [-0.15, -0.1) is 0 Å². The van der Waals surface area contributed by atoms with E-state index in [9.17, 15) is 9.59 Å². The van der Waals surface area contributed by atoms with Gasteiger partial charge in [-0.25, -0.2) is 4.99 Å². The molecule has 2 amide bonds. The smallest absolute Gasteiger partial charge is 0.250 e. The molecule has 0 spiro atoms. The Morgan fingerprint density at radius 1 is 1.22 bits per heavy atom. The molecule has 0 aliphatic rings. The number of carbonyl (C=O) groups excluding carboxylic acids is 2. The van der Waals surface area contributed by atoms with Crippen LogP contribution in [0.15, 0.2) is 47.2 Å². The normalized spacial score (nSPS) is 13.4. The number of allylic oxidation sites excluding steroid dienone is 1. The number of likely N-dealkylation sites (N-methyl/N-ethyl adjacent to an activating group) is 1. The maximum atomic E-state index is 12.6. The minimum Gasteiger partial charge on any atom is -0.374 e. The highest BCUT2D eigenvalue weighted by Crippen LogP contribution is 2.05. The van der Waals surface area contributed by atoms with Gasteiger partial charge < -0.3 is 20.7 Å². The lowest BCUT2D eigenvalue weighted by molar-refractivity contribution is -0.133. The van der Waals surface area contributed by atoms with E-state index in [1.807, 2.05) is 30.3 Å². The molecule has 0 radical (unpaired) electrons. The van der Waals surface area contributed by atoms with Gasteiger partial charge in [0.2, 0.25) is 5.91 Å². The molecule has 0 fully saturated rings. The summed E-state index contributed by atoms with van der Waals surface area (Å²) < 4.78 is 5.67. The van der Waals surface area contributed by atoms with Crippen LogP contribution in [0.2, 0.25) is 0 Å². The molecule has 1 aromatic carbocycles. The Kier molecular flexibility index (Phi) is 9.39. The minimum absolute atomic E-state index is 0.0408. The van der Waals surface area contributed by atoms with Crippen molar-refractivity contribution in [3.8, 4) is 0 Å². The Bertz CT molecular complexity index is 669. The van der Waals surface area contributed by atoms with Crippen LogP contribution in [0.4, 0.5) is 0 Å². The molecule has 27 heavy (non-hydrogen) atoms. The average molecular weight is 374 g/mol. The molecule has 148 valence electrons. The van der Waals surface area contributed by atoms with Crippen molar-refractivity contribution in [2.24, 2.45) is 4.99 Å². The second-order valence-corrected chi connectivity index (χ2v) is 6.45. The van der Waals surface area contributed by atoms with Crippen LogP contribution in [0, 0.1) is 0 Å². The number of carbonyl (C=O) groups is 2. The quantitative estimate of drug-likeness (QED) is 0.544. The summed E-state index contributed by atoms with van der Waals surface area (Å²) in [6.07, 6.45) is 3.26. The fourth-order valence-corrected chi connectivity index (χ4v) is 2.04. The zero-order chi connectivity index (χ0) is 20.3. The fourth-order valence-electron chi connectivity index (χ4n) is 2.04. The van der Waals surface area contributed by atoms with Crippen LogP contribution in [-0.4, -0.2) is 43.3 Å². The highest BCUT2D eigenvalue weighted by Gasteiger charge is 2.30. The van der Waals surface area contributed by atoms with Crippen LogP contribution in [-0.2, 0) is 20.9 Å². The van der Waals surface area contributed by atoms with E-state index in [2.05, 4.69) is 20.9 Å². The van der Waals surface area contributed by atoms with Crippen molar-refractivity contribution in [2.75, 3.05) is 13.7 Å². The fraction of sp³-hybridized carbons (Fsp3) is 0.450. The number of nitrogens with zero attached hydrogens (tertiary/aromatic N) is 1. The van der Waals surface area contributed by atoms with Gasteiger partial charge in [-0.05, 0) is 46.4 Å². The van der Waals surface area contributed by atoms with Gasteiger partial charge in [-0.2, -0.15) is 0 Å². The van der Waals surface area contributed by atoms with E-state index in [4.69, 9.17) is 4.74 Å². The summed E-state index contributed by atoms with van der Waals surface area (Å²) in [7, 11) is 1.69. The predicted molar refractivity (Wildman–Crippen MR) is 107 cm³/mol. The Hall–Kier alpha value is -2.51. The van der Waals surface area contributed by atoms with Gasteiger partial charge in [-0.3, -0.25) is 9.59 Å². The summed E-state index contributed by atoms with van der Waals surface area (Å²) in [6, 6.07) is 8.78. The molecule has 0 aromatic heterocycles. The van der Waals surface area contributed by atoms with Crippen LogP contribution in [0.5, 0.6) is 0 Å². The van der Waals surface area contributed by atoms with Crippen molar-refractivity contribution >= 4 is 18.0 Å². The number of ether oxygens (including phenoxy) is 1. The molecular formula is C20H30N4O3. The van der Waals surface area contributed by atoms with Crippen LogP contribution in [0.3, 0.4) is 0 Å². The maximum absolute atomic E-state index is 12.6. The van der Waals surface area contributed by atoms with E-state index in [0.717, 1.165) is 5.56 Å². The lowest BCUT2D eigenvalue weighted by Gasteiger charge is -2.26. The summed E-state index contributed by atoms with van der Waals surface area (Å²) in [5, 5.41) is 8.37. The van der Waals surface area contributed by atoms with Gasteiger partial charge in [0.25, 0.3) is 5.91 Å². The molecule has 0 heterocycles. The first-order valence-corrected chi connectivity index (χ1v) is 8.91. The molecule has 3 N–H and O–H groups in total. The molecule has 0 aliphatic carbocycles. The van der Waals surface area contributed by atoms with Crippen molar-refractivity contribution in [1.29, 1.82) is 0 Å². The molecule has 0 bridgehead atoms. The summed E-state index contributed by atoms with van der Waals surface area (Å²) >= 11 is 0. The van der Waals surface area contributed by atoms with Crippen LogP contribution in [0.25, 0.3) is 0 Å². The number of hydrogen-bond acceptors (Lipinski definition) is 5. The SMILES string of the molecule is C/C=N\C(=C/C)NC(=O)C(COCc1ccccc1)NC(=O)C(C)(C)NC. The third kappa shape index (κ3) is 7.72. The van der Waals surface area contributed by atoms with E-state index in [1.165, 1.54) is 0 Å². The standard InChI is InChI=1S/C20H30N4O3/c1-6-17(22-7-2)24-18(25)16(23-19(26)20(3,4)21-5)14-27-13-15-11-9-8-10-12-15/h6-12,16,21H,13-14H2,1-5H3,(H,23,26)(H,24,25)/b17-6+,22-7-. The van der Waals surface area contributed by atoms with E-state index in [0.29, 0.717) is 12.4 Å². The average Bonchev–Trinajstić information content (AvgIpc) is 2.67. The van der Waals surface area contributed by atoms with E-state index < -0.39 is 11.6 Å². The van der Waals surface area contributed by atoms with E-state index in [-0.39, 0.29) is 18.4 Å². The Morgan fingerprint density at radius 3 is 2.44 bits per heavy atom. The molecule has 1 aromatic rings. The minimum atomic E-state index is -0.851. The Labute approximate surface area is 161 Å². The van der Waals surface area contributed by atoms with Crippen molar-refractivity contribution in [1.82, 2.24) is 16.0 Å². The molecule has 1 rings (SSSR count). The molecule has 0 saturated heterocycles. The lowest BCUT2D eigenvalue weighted by Crippen LogP contribution is -2.58. The molecule has 7 nitrogen and oxygen atoms in total. The summed E-state index contributed by atoms with van der Waals surface area (Å²) in [5.74, 6) is -0.269. The largest absolute Gasteiger partial charge is 0.374 e. The number of hydrogen-bond donors (Lipinski definition) is 3. The van der Waals surface area contributed by atoms with E-state index >= 15 is 0 Å². The molecule has 1 unspecified atom stereocenters. The third-order valence-electron chi connectivity index (χ3n) is 4.00. The molecule has 7 heteroatoms. The molecule has 1 atom stereocenters. The lowest BCUT2D eigenvalue weighted by atomic mass is 10.0. The first kappa shape index (κ1) is 22.5. The summed E-state index contributed by atoms with van der Waals surface area (Å²) in [6.45, 7) is 7.39.